The Kier molecular flexibility index (Phi) is 6.15. The third kappa shape index (κ3) is 4.36. The number of hydrogen-bond donors (Lipinski definition) is 0. The zero-order valence-corrected chi connectivity index (χ0v) is 15.1. The number of rotatable bonds is 6. The van der Waals surface area contributed by atoms with Gasteiger partial charge in [-0.15, -0.1) is 0 Å². The van der Waals surface area contributed by atoms with E-state index in [0.717, 1.165) is 25.9 Å². The highest BCUT2D eigenvalue weighted by Crippen LogP contribution is 2.40. The highest BCUT2D eigenvalue weighted by molar-refractivity contribution is 6.54. The number of ether oxygens (including phenoxy) is 1. The quantitative estimate of drug-likeness (QED) is 0.526. The maximum Gasteiger partial charge on any atom is 0.490 e. The van der Waals surface area contributed by atoms with E-state index < -0.39 is 0 Å². The predicted molar refractivity (Wildman–Crippen MR) is 91.9 cm³/mol. The van der Waals surface area contributed by atoms with Gasteiger partial charge < -0.3 is 14.0 Å². The first-order chi connectivity index (χ1) is 10.4. The molecular formula is C18H33BO3. The molecule has 2 heterocycles. The van der Waals surface area contributed by atoms with Crippen molar-refractivity contribution in [1.29, 1.82) is 0 Å². The molecule has 2 aliphatic heterocycles. The molecule has 126 valence electrons. The fourth-order valence-corrected chi connectivity index (χ4v) is 3.06. The summed E-state index contributed by atoms with van der Waals surface area (Å²) in [7, 11) is -0.204. The molecule has 0 N–H and O–H groups in total. The van der Waals surface area contributed by atoms with E-state index in [0.29, 0.717) is 6.10 Å². The van der Waals surface area contributed by atoms with E-state index in [1.54, 1.807) is 0 Å². The number of unbranched alkanes of at least 4 members (excludes halogenated alkanes) is 3. The van der Waals surface area contributed by atoms with Gasteiger partial charge in [0.25, 0.3) is 0 Å². The Bertz CT molecular complexity index is 374. The minimum absolute atomic E-state index is 0.204. The van der Waals surface area contributed by atoms with E-state index in [-0.39, 0.29) is 18.3 Å². The summed E-state index contributed by atoms with van der Waals surface area (Å²) in [5.41, 5.74) is 0.751. The molecule has 0 aromatic heterocycles. The molecule has 4 heteroatoms. The van der Waals surface area contributed by atoms with Crippen molar-refractivity contribution in [1.82, 2.24) is 0 Å². The molecule has 3 nitrogen and oxygen atoms in total. The fraction of sp³-hybridized carbons (Fsp3) is 0.889. The molecule has 1 fully saturated rings. The third-order valence-electron chi connectivity index (χ3n) is 5.28. The van der Waals surface area contributed by atoms with Gasteiger partial charge in [-0.25, -0.2) is 0 Å². The molecule has 1 saturated heterocycles. The van der Waals surface area contributed by atoms with Crippen molar-refractivity contribution >= 4 is 7.12 Å². The molecule has 0 aromatic carbocycles. The third-order valence-corrected chi connectivity index (χ3v) is 5.28. The summed E-state index contributed by atoms with van der Waals surface area (Å²) < 4.78 is 18.4. The van der Waals surface area contributed by atoms with Gasteiger partial charge in [-0.2, -0.15) is 0 Å². The molecular weight excluding hydrogens is 275 g/mol. The van der Waals surface area contributed by atoms with Crippen LogP contribution in [-0.2, 0) is 14.0 Å². The summed E-state index contributed by atoms with van der Waals surface area (Å²) in [6.07, 6.45) is 10.8. The summed E-state index contributed by atoms with van der Waals surface area (Å²) in [5.74, 6) is 0. The average Bonchev–Trinajstić information content (AvgIpc) is 2.61. The summed E-state index contributed by atoms with van der Waals surface area (Å²) in [5, 5.41) is 0. The molecule has 0 amide bonds. The first kappa shape index (κ1) is 18.0. The van der Waals surface area contributed by atoms with Crippen LogP contribution in [0.4, 0.5) is 0 Å². The Morgan fingerprint density at radius 2 is 1.77 bits per heavy atom. The Morgan fingerprint density at radius 1 is 1.09 bits per heavy atom. The van der Waals surface area contributed by atoms with Gasteiger partial charge in [-0.1, -0.05) is 38.7 Å². The molecule has 1 atom stereocenters. The van der Waals surface area contributed by atoms with Crippen molar-refractivity contribution in [2.24, 2.45) is 0 Å². The molecule has 0 spiro atoms. The predicted octanol–water partition coefficient (Wildman–Crippen LogP) is 4.69. The van der Waals surface area contributed by atoms with Crippen molar-refractivity contribution < 1.29 is 14.0 Å². The fourth-order valence-electron chi connectivity index (χ4n) is 3.06. The minimum Gasteiger partial charge on any atom is -0.400 e. The van der Waals surface area contributed by atoms with Crippen molar-refractivity contribution in [2.45, 2.75) is 96.9 Å². The lowest BCUT2D eigenvalue weighted by Crippen LogP contribution is -2.41. The van der Waals surface area contributed by atoms with E-state index >= 15 is 0 Å². The first-order valence-corrected chi connectivity index (χ1v) is 9.02. The molecule has 1 unspecified atom stereocenters. The van der Waals surface area contributed by atoms with Crippen LogP contribution in [-0.4, -0.2) is 31.0 Å². The average molecular weight is 308 g/mol. The second-order valence-corrected chi connectivity index (χ2v) is 7.70. The van der Waals surface area contributed by atoms with Crippen LogP contribution < -0.4 is 0 Å². The van der Waals surface area contributed by atoms with Gasteiger partial charge >= 0.3 is 7.12 Å². The Balaban J connectivity index is 1.92. The normalized spacial score (nSPS) is 27.6. The van der Waals surface area contributed by atoms with Gasteiger partial charge in [0.05, 0.1) is 23.9 Å². The van der Waals surface area contributed by atoms with Crippen LogP contribution >= 0.6 is 0 Å². The van der Waals surface area contributed by atoms with Crippen LogP contribution in [0.25, 0.3) is 0 Å². The van der Waals surface area contributed by atoms with Gasteiger partial charge in [-0.05, 0) is 52.4 Å². The van der Waals surface area contributed by atoms with Crippen molar-refractivity contribution in [3.8, 4) is 0 Å². The highest BCUT2D eigenvalue weighted by atomic mass is 16.7. The van der Waals surface area contributed by atoms with Crippen molar-refractivity contribution in [3.63, 3.8) is 0 Å². The van der Waals surface area contributed by atoms with E-state index in [1.165, 1.54) is 31.2 Å². The Labute approximate surface area is 136 Å². The molecule has 0 saturated carbocycles. The SMILES string of the molecule is CCCCCCC1CC(B2OC(C)(C)C(C)(C)O2)=CCCO1. The van der Waals surface area contributed by atoms with Crippen LogP contribution in [0.5, 0.6) is 0 Å². The molecule has 0 radical (unpaired) electrons. The van der Waals surface area contributed by atoms with Crippen molar-refractivity contribution in [2.75, 3.05) is 6.61 Å². The van der Waals surface area contributed by atoms with Gasteiger partial charge in [-0.3, -0.25) is 0 Å². The second-order valence-electron chi connectivity index (χ2n) is 7.70. The number of hydrogen-bond acceptors (Lipinski definition) is 3. The zero-order valence-electron chi connectivity index (χ0n) is 15.1. The summed E-state index contributed by atoms with van der Waals surface area (Å²) in [6, 6.07) is 0. The lowest BCUT2D eigenvalue weighted by atomic mass is 9.74. The van der Waals surface area contributed by atoms with Crippen molar-refractivity contribution in [3.05, 3.63) is 11.5 Å². The van der Waals surface area contributed by atoms with Crippen LogP contribution in [0.15, 0.2) is 11.5 Å². The highest BCUT2D eigenvalue weighted by Gasteiger charge is 2.52. The van der Waals surface area contributed by atoms with Gasteiger partial charge in [0.1, 0.15) is 0 Å². The zero-order chi connectivity index (χ0) is 16.2. The van der Waals surface area contributed by atoms with Crippen LogP contribution in [0.1, 0.15) is 79.6 Å². The maximum atomic E-state index is 6.20. The molecule has 2 aliphatic rings. The lowest BCUT2D eigenvalue weighted by molar-refractivity contribution is 0.00578. The first-order valence-electron chi connectivity index (χ1n) is 9.02. The minimum atomic E-state index is -0.262. The summed E-state index contributed by atoms with van der Waals surface area (Å²) in [6.45, 7) is 11.5. The molecule has 0 bridgehead atoms. The largest absolute Gasteiger partial charge is 0.490 e. The van der Waals surface area contributed by atoms with Crippen LogP contribution in [0.3, 0.4) is 0 Å². The topological polar surface area (TPSA) is 27.7 Å². The molecule has 0 aromatic rings. The van der Waals surface area contributed by atoms with Gasteiger partial charge in [0.2, 0.25) is 0 Å². The van der Waals surface area contributed by atoms with Crippen LogP contribution in [0.2, 0.25) is 0 Å². The van der Waals surface area contributed by atoms with E-state index in [1.807, 2.05) is 0 Å². The smallest absolute Gasteiger partial charge is 0.400 e. The Morgan fingerprint density at radius 3 is 2.41 bits per heavy atom. The molecule has 22 heavy (non-hydrogen) atoms. The monoisotopic (exact) mass is 308 g/mol. The molecule has 2 rings (SSSR count). The second kappa shape index (κ2) is 7.50. The van der Waals surface area contributed by atoms with E-state index in [9.17, 15) is 0 Å². The molecule has 0 aliphatic carbocycles. The standard InChI is InChI=1S/C18H33BO3/c1-6-7-8-9-12-16-14-15(11-10-13-20-16)19-21-17(2,3)18(4,5)22-19/h11,16H,6-10,12-14H2,1-5H3. The summed E-state index contributed by atoms with van der Waals surface area (Å²) in [4.78, 5) is 0. The summed E-state index contributed by atoms with van der Waals surface area (Å²) >= 11 is 0. The Hall–Kier alpha value is -0.315. The lowest BCUT2D eigenvalue weighted by Gasteiger charge is -2.32. The van der Waals surface area contributed by atoms with Gasteiger partial charge in [0, 0.05) is 0 Å². The van der Waals surface area contributed by atoms with Crippen LogP contribution in [0, 0.1) is 0 Å². The van der Waals surface area contributed by atoms with E-state index in [2.05, 4.69) is 40.7 Å². The van der Waals surface area contributed by atoms with Gasteiger partial charge in [0.15, 0.2) is 0 Å². The van der Waals surface area contributed by atoms with E-state index in [4.69, 9.17) is 14.0 Å². The maximum absolute atomic E-state index is 6.20.